The highest BCUT2D eigenvalue weighted by Gasteiger charge is 2.42. The number of nitrogens with zero attached hydrogens (tertiary/aromatic N) is 1. The van der Waals surface area contributed by atoms with Crippen molar-refractivity contribution in [2.45, 2.75) is 11.8 Å². The van der Waals surface area contributed by atoms with Crippen LogP contribution in [0.25, 0.3) is 0 Å². The topological polar surface area (TPSA) is 49.8 Å². The van der Waals surface area contributed by atoms with Gasteiger partial charge < -0.3 is 9.84 Å². The van der Waals surface area contributed by atoms with Crippen LogP contribution in [0.3, 0.4) is 0 Å². The highest BCUT2D eigenvalue weighted by molar-refractivity contribution is 5.86. The molecule has 0 spiro atoms. The van der Waals surface area contributed by atoms with Crippen LogP contribution in [-0.4, -0.2) is 48.8 Å². The third kappa shape index (κ3) is 3.35. The first-order valence-corrected chi connectivity index (χ1v) is 8.38. The summed E-state index contributed by atoms with van der Waals surface area (Å²) in [6, 6.07) is 19.1. The van der Waals surface area contributed by atoms with Gasteiger partial charge in [-0.05, 0) is 17.5 Å². The quantitative estimate of drug-likeness (QED) is 0.887. The van der Waals surface area contributed by atoms with E-state index in [1.54, 1.807) is 0 Å². The van der Waals surface area contributed by atoms with Gasteiger partial charge in [-0.15, -0.1) is 0 Å². The van der Waals surface area contributed by atoms with Crippen LogP contribution >= 0.6 is 0 Å². The van der Waals surface area contributed by atoms with Crippen LogP contribution in [0.1, 0.15) is 17.5 Å². The molecule has 0 amide bonds. The summed E-state index contributed by atoms with van der Waals surface area (Å²) in [5.41, 5.74) is 0.634. The molecule has 1 heterocycles. The molecule has 1 saturated heterocycles. The summed E-state index contributed by atoms with van der Waals surface area (Å²) in [6.07, 6.45) is 0.538. The van der Waals surface area contributed by atoms with Gasteiger partial charge in [-0.3, -0.25) is 9.69 Å². The predicted octanol–water partition coefficient (Wildman–Crippen LogP) is 2.78. The Balaban J connectivity index is 1.97. The van der Waals surface area contributed by atoms with Gasteiger partial charge in [0.1, 0.15) is 5.41 Å². The van der Waals surface area contributed by atoms with Crippen molar-refractivity contribution in [2.75, 3.05) is 32.8 Å². The molecule has 0 bridgehead atoms. The monoisotopic (exact) mass is 325 g/mol. The Morgan fingerprint density at radius 2 is 1.46 bits per heavy atom. The van der Waals surface area contributed by atoms with Gasteiger partial charge in [-0.25, -0.2) is 0 Å². The number of benzene rings is 2. The van der Waals surface area contributed by atoms with E-state index in [-0.39, 0.29) is 0 Å². The smallest absolute Gasteiger partial charge is 0.318 e. The van der Waals surface area contributed by atoms with Gasteiger partial charge in [0.2, 0.25) is 0 Å². The fraction of sp³-hybridized carbons (Fsp3) is 0.350. The molecule has 1 N–H and O–H groups in total. The summed E-state index contributed by atoms with van der Waals surface area (Å²) in [4.78, 5) is 14.7. The molecule has 2 aromatic carbocycles. The van der Waals surface area contributed by atoms with E-state index in [9.17, 15) is 9.90 Å². The average molecular weight is 325 g/mol. The molecule has 4 nitrogen and oxygen atoms in total. The minimum Gasteiger partial charge on any atom is -0.480 e. The van der Waals surface area contributed by atoms with Gasteiger partial charge in [0.25, 0.3) is 0 Å². The lowest BCUT2D eigenvalue weighted by atomic mass is 9.72. The van der Waals surface area contributed by atoms with E-state index in [0.29, 0.717) is 6.42 Å². The summed E-state index contributed by atoms with van der Waals surface area (Å²) in [5.74, 6) is -0.798. The van der Waals surface area contributed by atoms with E-state index in [0.717, 1.165) is 44.0 Å². The van der Waals surface area contributed by atoms with Gasteiger partial charge in [-0.2, -0.15) is 0 Å². The lowest BCUT2D eigenvalue weighted by Crippen LogP contribution is -2.43. The first-order valence-electron chi connectivity index (χ1n) is 8.38. The molecule has 4 heteroatoms. The van der Waals surface area contributed by atoms with E-state index in [4.69, 9.17) is 4.74 Å². The van der Waals surface area contributed by atoms with Gasteiger partial charge in [0, 0.05) is 19.6 Å². The summed E-state index contributed by atoms with van der Waals surface area (Å²) in [7, 11) is 0. The van der Waals surface area contributed by atoms with Crippen LogP contribution in [0, 0.1) is 0 Å². The molecule has 24 heavy (non-hydrogen) atoms. The van der Waals surface area contributed by atoms with E-state index in [1.165, 1.54) is 0 Å². The highest BCUT2D eigenvalue weighted by atomic mass is 16.5. The number of aliphatic carboxylic acids is 1. The number of hydrogen-bond donors (Lipinski definition) is 1. The van der Waals surface area contributed by atoms with Crippen LogP contribution in [0.4, 0.5) is 0 Å². The summed E-state index contributed by atoms with van der Waals surface area (Å²) >= 11 is 0. The molecule has 1 aliphatic rings. The van der Waals surface area contributed by atoms with Crippen LogP contribution in [0.2, 0.25) is 0 Å². The molecule has 0 saturated carbocycles. The minimum atomic E-state index is -1.03. The van der Waals surface area contributed by atoms with Crippen molar-refractivity contribution < 1.29 is 14.6 Å². The van der Waals surface area contributed by atoms with Crippen molar-refractivity contribution in [3.63, 3.8) is 0 Å². The molecule has 126 valence electrons. The van der Waals surface area contributed by atoms with Crippen LogP contribution in [-0.2, 0) is 14.9 Å². The van der Waals surface area contributed by atoms with Crippen molar-refractivity contribution in [1.29, 1.82) is 0 Å². The third-order valence-electron chi connectivity index (χ3n) is 4.81. The van der Waals surface area contributed by atoms with Crippen molar-refractivity contribution >= 4 is 5.97 Å². The maximum absolute atomic E-state index is 12.5. The Morgan fingerprint density at radius 1 is 0.958 bits per heavy atom. The molecule has 0 unspecified atom stereocenters. The van der Waals surface area contributed by atoms with Crippen molar-refractivity contribution in [3.05, 3.63) is 71.8 Å². The molecular weight excluding hydrogens is 302 g/mol. The SMILES string of the molecule is O=C(O)C(CCN1CCOCC1)(c1ccccc1)c1ccccc1. The number of carbonyl (C=O) groups is 1. The summed E-state index contributed by atoms with van der Waals surface area (Å²) < 4.78 is 5.39. The van der Waals surface area contributed by atoms with Crippen LogP contribution in [0.5, 0.6) is 0 Å². The molecule has 0 aromatic heterocycles. The Kier molecular flexibility index (Phi) is 5.28. The number of rotatable bonds is 6. The number of hydrogen-bond acceptors (Lipinski definition) is 3. The molecule has 3 rings (SSSR count). The maximum atomic E-state index is 12.5. The second-order valence-corrected chi connectivity index (χ2v) is 6.15. The maximum Gasteiger partial charge on any atom is 0.318 e. The fourth-order valence-corrected chi connectivity index (χ4v) is 3.41. The zero-order chi connectivity index (χ0) is 16.8. The molecule has 2 aromatic rings. The Bertz CT molecular complexity index is 612. The lowest BCUT2D eigenvalue weighted by Gasteiger charge is -2.34. The van der Waals surface area contributed by atoms with Crippen molar-refractivity contribution in [2.24, 2.45) is 0 Å². The van der Waals surface area contributed by atoms with Gasteiger partial charge in [-0.1, -0.05) is 60.7 Å². The van der Waals surface area contributed by atoms with Gasteiger partial charge in [0.15, 0.2) is 0 Å². The van der Waals surface area contributed by atoms with Gasteiger partial charge >= 0.3 is 5.97 Å². The number of ether oxygens (including phenoxy) is 1. The second-order valence-electron chi connectivity index (χ2n) is 6.15. The summed E-state index contributed by atoms with van der Waals surface area (Å²) in [6.45, 7) is 3.89. The zero-order valence-electron chi connectivity index (χ0n) is 13.7. The third-order valence-corrected chi connectivity index (χ3v) is 4.81. The first-order chi connectivity index (χ1) is 11.7. The van der Waals surface area contributed by atoms with Gasteiger partial charge in [0.05, 0.1) is 13.2 Å². The molecule has 0 aliphatic carbocycles. The van der Waals surface area contributed by atoms with E-state index < -0.39 is 11.4 Å². The Morgan fingerprint density at radius 3 is 1.92 bits per heavy atom. The first kappa shape index (κ1) is 16.7. The van der Waals surface area contributed by atoms with E-state index in [1.807, 2.05) is 60.7 Å². The Hall–Kier alpha value is -2.17. The van der Waals surface area contributed by atoms with Crippen LogP contribution < -0.4 is 0 Å². The second kappa shape index (κ2) is 7.60. The predicted molar refractivity (Wildman–Crippen MR) is 93.2 cm³/mol. The molecule has 1 aliphatic heterocycles. The summed E-state index contributed by atoms with van der Waals surface area (Å²) in [5, 5.41) is 10.2. The van der Waals surface area contributed by atoms with Crippen molar-refractivity contribution in [1.82, 2.24) is 4.90 Å². The van der Waals surface area contributed by atoms with Crippen LogP contribution in [0.15, 0.2) is 60.7 Å². The highest BCUT2D eigenvalue weighted by Crippen LogP contribution is 2.36. The lowest BCUT2D eigenvalue weighted by molar-refractivity contribution is -0.142. The van der Waals surface area contributed by atoms with E-state index in [2.05, 4.69) is 4.90 Å². The standard InChI is InChI=1S/C20H23NO3/c22-19(23)20(17-7-3-1-4-8-17,18-9-5-2-6-10-18)11-12-21-13-15-24-16-14-21/h1-10H,11-16H2,(H,22,23). The number of morpholine rings is 1. The molecule has 1 fully saturated rings. The van der Waals surface area contributed by atoms with Crippen molar-refractivity contribution in [3.8, 4) is 0 Å². The largest absolute Gasteiger partial charge is 0.480 e. The average Bonchev–Trinajstić information content (AvgIpc) is 2.65. The minimum absolute atomic E-state index is 0.538. The molecular formula is C20H23NO3. The van der Waals surface area contributed by atoms with E-state index >= 15 is 0 Å². The normalized spacial score (nSPS) is 16.0. The molecule has 0 atom stereocenters. The Labute approximate surface area is 142 Å². The number of carboxylic acid groups (broad SMARTS) is 1. The molecule has 0 radical (unpaired) electrons. The fourth-order valence-electron chi connectivity index (χ4n) is 3.41. The zero-order valence-corrected chi connectivity index (χ0v) is 13.7. The number of carboxylic acids is 1.